The topological polar surface area (TPSA) is 94.5 Å². The first-order valence-corrected chi connectivity index (χ1v) is 11.3. The normalized spacial score (nSPS) is 20.9. The number of rotatable bonds is 8. The maximum Gasteiger partial charge on any atom is 0.295 e. The van der Waals surface area contributed by atoms with Crippen LogP contribution in [0, 0.1) is 0 Å². The van der Waals surface area contributed by atoms with E-state index in [4.69, 9.17) is 18.9 Å². The number of hydrogen-bond donors (Lipinski definition) is 1. The summed E-state index contributed by atoms with van der Waals surface area (Å²) in [6.07, 6.45) is 0.751. The van der Waals surface area contributed by atoms with Crippen LogP contribution >= 0.6 is 0 Å². The van der Waals surface area contributed by atoms with Crippen LogP contribution in [0.2, 0.25) is 0 Å². The molecule has 0 aliphatic carbocycles. The number of carbonyl (C=O) groups excluding carboxylic acids is 2. The predicted octanol–water partition coefficient (Wildman–Crippen LogP) is 3.49. The van der Waals surface area contributed by atoms with Gasteiger partial charge in [-0.25, -0.2) is 0 Å². The zero-order valence-corrected chi connectivity index (χ0v) is 19.8. The Kier molecular flexibility index (Phi) is 6.79. The summed E-state index contributed by atoms with van der Waals surface area (Å²) in [4.78, 5) is 27.6. The van der Waals surface area contributed by atoms with Crippen LogP contribution < -0.4 is 14.2 Å². The van der Waals surface area contributed by atoms with E-state index in [9.17, 15) is 14.7 Å². The van der Waals surface area contributed by atoms with Gasteiger partial charge in [0.05, 0.1) is 31.9 Å². The molecule has 2 heterocycles. The van der Waals surface area contributed by atoms with Crippen molar-refractivity contribution in [1.29, 1.82) is 0 Å². The molecule has 2 aliphatic rings. The molecule has 4 rings (SSSR count). The number of aliphatic hydroxyl groups excluding tert-OH is 1. The van der Waals surface area contributed by atoms with Crippen LogP contribution in [0.5, 0.6) is 17.2 Å². The van der Waals surface area contributed by atoms with E-state index in [0.29, 0.717) is 35.7 Å². The molecule has 0 bridgehead atoms. The number of ketones is 1. The maximum atomic E-state index is 13.2. The lowest BCUT2D eigenvalue weighted by Gasteiger charge is -2.25. The van der Waals surface area contributed by atoms with E-state index in [1.54, 1.807) is 30.3 Å². The Labute approximate surface area is 198 Å². The molecule has 2 aliphatic heterocycles. The summed E-state index contributed by atoms with van der Waals surface area (Å²) in [5.74, 6) is 0.137. The summed E-state index contributed by atoms with van der Waals surface area (Å²) in [5.41, 5.74) is 2.06. The second kappa shape index (κ2) is 9.77. The van der Waals surface area contributed by atoms with Crippen LogP contribution in [0.1, 0.15) is 36.6 Å². The van der Waals surface area contributed by atoms with E-state index in [0.717, 1.165) is 11.3 Å². The molecule has 1 saturated heterocycles. The van der Waals surface area contributed by atoms with Crippen LogP contribution in [-0.2, 0) is 20.7 Å². The number of Topliss-reactive ketones (excluding diaryl/α,β-unsaturated/α-hetero) is 1. The summed E-state index contributed by atoms with van der Waals surface area (Å²) < 4.78 is 22.0. The monoisotopic (exact) mass is 467 g/mol. The summed E-state index contributed by atoms with van der Waals surface area (Å²) in [7, 11) is 3.05. The Morgan fingerprint density at radius 1 is 1.15 bits per heavy atom. The first kappa shape index (κ1) is 23.6. The fourth-order valence-electron chi connectivity index (χ4n) is 4.50. The van der Waals surface area contributed by atoms with Crippen molar-refractivity contribution in [3.8, 4) is 17.2 Å². The Bertz CT molecular complexity index is 1140. The van der Waals surface area contributed by atoms with E-state index < -0.39 is 17.7 Å². The number of carbonyl (C=O) groups is 2. The highest BCUT2D eigenvalue weighted by atomic mass is 16.5. The number of hydrogen-bond acceptors (Lipinski definition) is 7. The van der Waals surface area contributed by atoms with Crippen molar-refractivity contribution in [3.05, 3.63) is 58.7 Å². The van der Waals surface area contributed by atoms with E-state index in [1.165, 1.54) is 19.1 Å². The van der Waals surface area contributed by atoms with E-state index in [-0.39, 0.29) is 30.6 Å². The van der Waals surface area contributed by atoms with Gasteiger partial charge in [-0.05, 0) is 55.3 Å². The molecular weight excluding hydrogens is 438 g/mol. The highest BCUT2D eigenvalue weighted by molar-refractivity contribution is 6.46. The number of ether oxygens (including phenoxy) is 4. The third kappa shape index (κ3) is 4.21. The molecule has 2 aromatic carbocycles. The standard InChI is InChI=1S/C26H29NO7/c1-5-33-20-9-6-16(14-21(20)32-4)23-22(25(29)26(30)27(23)10-11-31-3)24(28)17-7-8-19-18(13-17)12-15(2)34-19/h6-9,13-15,23,28H,5,10-12H2,1-4H3. The Balaban J connectivity index is 1.84. The zero-order valence-electron chi connectivity index (χ0n) is 19.8. The molecule has 2 unspecified atom stereocenters. The largest absolute Gasteiger partial charge is 0.507 e. The van der Waals surface area contributed by atoms with E-state index in [1.807, 2.05) is 19.9 Å². The van der Waals surface area contributed by atoms with Gasteiger partial charge < -0.3 is 29.0 Å². The second-order valence-electron chi connectivity index (χ2n) is 8.28. The van der Waals surface area contributed by atoms with Crippen molar-refractivity contribution < 1.29 is 33.6 Å². The van der Waals surface area contributed by atoms with Gasteiger partial charge in [-0.3, -0.25) is 9.59 Å². The molecule has 1 amide bonds. The summed E-state index contributed by atoms with van der Waals surface area (Å²) in [6.45, 7) is 4.73. The Morgan fingerprint density at radius 2 is 1.94 bits per heavy atom. The van der Waals surface area contributed by atoms with Gasteiger partial charge in [-0.2, -0.15) is 0 Å². The number of amides is 1. The molecule has 8 heteroatoms. The van der Waals surface area contributed by atoms with Gasteiger partial charge in [0.1, 0.15) is 17.6 Å². The average Bonchev–Trinajstić information content (AvgIpc) is 3.33. The second-order valence-corrected chi connectivity index (χ2v) is 8.28. The van der Waals surface area contributed by atoms with Gasteiger partial charge in [-0.15, -0.1) is 0 Å². The number of likely N-dealkylation sites (tertiary alicyclic amines) is 1. The number of nitrogens with zero attached hydrogens (tertiary/aromatic N) is 1. The van der Waals surface area contributed by atoms with Crippen molar-refractivity contribution in [1.82, 2.24) is 4.90 Å². The van der Waals surface area contributed by atoms with Gasteiger partial charge in [0, 0.05) is 25.6 Å². The quantitative estimate of drug-likeness (QED) is 0.361. The molecule has 34 heavy (non-hydrogen) atoms. The maximum absolute atomic E-state index is 13.2. The molecule has 2 aromatic rings. The van der Waals surface area contributed by atoms with E-state index in [2.05, 4.69) is 0 Å². The van der Waals surface area contributed by atoms with Crippen molar-refractivity contribution >= 4 is 17.4 Å². The minimum atomic E-state index is -0.803. The van der Waals surface area contributed by atoms with Gasteiger partial charge >= 0.3 is 0 Å². The van der Waals surface area contributed by atoms with Crippen molar-refractivity contribution in [2.24, 2.45) is 0 Å². The SMILES string of the molecule is CCOc1ccc(C2C(=C(O)c3ccc4c(c3)CC(C)O4)C(=O)C(=O)N2CCOC)cc1OC. The first-order chi connectivity index (χ1) is 16.4. The molecule has 0 radical (unpaired) electrons. The summed E-state index contributed by atoms with van der Waals surface area (Å²) in [6, 6.07) is 9.73. The predicted molar refractivity (Wildman–Crippen MR) is 125 cm³/mol. The summed E-state index contributed by atoms with van der Waals surface area (Å²) in [5, 5.41) is 11.3. The lowest BCUT2D eigenvalue weighted by molar-refractivity contribution is -0.140. The highest BCUT2D eigenvalue weighted by Gasteiger charge is 2.46. The van der Waals surface area contributed by atoms with E-state index >= 15 is 0 Å². The molecule has 2 atom stereocenters. The van der Waals surface area contributed by atoms with Crippen molar-refractivity contribution in [3.63, 3.8) is 0 Å². The Morgan fingerprint density at radius 3 is 2.65 bits per heavy atom. The van der Waals surface area contributed by atoms with Gasteiger partial charge in [-0.1, -0.05) is 6.07 Å². The molecule has 180 valence electrons. The molecule has 0 spiro atoms. The molecule has 1 fully saturated rings. The van der Waals surface area contributed by atoms with Gasteiger partial charge in [0.25, 0.3) is 11.7 Å². The number of methoxy groups -OCH3 is 2. The zero-order chi connectivity index (χ0) is 24.4. The highest BCUT2D eigenvalue weighted by Crippen LogP contribution is 2.42. The van der Waals surface area contributed by atoms with Gasteiger partial charge in [0.2, 0.25) is 0 Å². The number of benzene rings is 2. The summed E-state index contributed by atoms with van der Waals surface area (Å²) >= 11 is 0. The van der Waals surface area contributed by atoms with Crippen LogP contribution in [0.15, 0.2) is 42.0 Å². The third-order valence-electron chi connectivity index (χ3n) is 6.05. The molecular formula is C26H29NO7. The minimum absolute atomic E-state index is 0.0271. The Hall–Kier alpha value is -3.52. The molecule has 1 N–H and O–H groups in total. The first-order valence-electron chi connectivity index (χ1n) is 11.3. The van der Waals surface area contributed by atoms with Crippen molar-refractivity contribution in [2.75, 3.05) is 34.0 Å². The third-order valence-corrected chi connectivity index (χ3v) is 6.05. The lowest BCUT2D eigenvalue weighted by Crippen LogP contribution is -2.32. The molecule has 8 nitrogen and oxygen atoms in total. The number of aliphatic hydroxyl groups is 1. The van der Waals surface area contributed by atoms with Crippen LogP contribution in [0.3, 0.4) is 0 Å². The smallest absolute Gasteiger partial charge is 0.295 e. The minimum Gasteiger partial charge on any atom is -0.507 e. The van der Waals surface area contributed by atoms with Crippen molar-refractivity contribution in [2.45, 2.75) is 32.4 Å². The van der Waals surface area contributed by atoms with Crippen LogP contribution in [0.25, 0.3) is 5.76 Å². The van der Waals surface area contributed by atoms with Gasteiger partial charge in [0.15, 0.2) is 11.5 Å². The fourth-order valence-corrected chi connectivity index (χ4v) is 4.50. The van der Waals surface area contributed by atoms with Crippen LogP contribution in [-0.4, -0.2) is 61.8 Å². The van der Waals surface area contributed by atoms with Crippen LogP contribution in [0.4, 0.5) is 0 Å². The number of fused-ring (bicyclic) bond motifs is 1. The average molecular weight is 468 g/mol. The lowest BCUT2D eigenvalue weighted by atomic mass is 9.94. The molecule has 0 saturated carbocycles. The molecule has 0 aromatic heterocycles. The fraction of sp³-hybridized carbons (Fsp3) is 0.385.